The van der Waals surface area contributed by atoms with Gasteiger partial charge in [0.1, 0.15) is 0 Å². The van der Waals surface area contributed by atoms with Crippen molar-refractivity contribution in [3.05, 3.63) is 10.4 Å². The molecule has 0 saturated carbocycles. The Balaban J connectivity index is 3.25. The number of hydrogen-bond acceptors (Lipinski definition) is 4. The monoisotopic (exact) mass is 720 g/mol. The second kappa shape index (κ2) is 10.8. The van der Waals surface area contributed by atoms with Gasteiger partial charge in [0.05, 0.1) is 35.5 Å². The molecule has 3 atom stereocenters. The third-order valence-corrected chi connectivity index (χ3v) is 152. The van der Waals surface area contributed by atoms with Crippen LogP contribution in [0.15, 0.2) is 10.4 Å². The first kappa shape index (κ1) is 38.3. The van der Waals surface area contributed by atoms with Crippen LogP contribution in [0.4, 0.5) is 0 Å². The molecule has 2 aliphatic heterocycles. The summed E-state index contributed by atoms with van der Waals surface area (Å²) < 4.78 is 21.5. The predicted octanol–water partition coefficient (Wildman–Crippen LogP) is 7.05. The Morgan fingerprint density at radius 3 is 1.27 bits per heavy atom. The molecule has 2 rings (SSSR count). The Labute approximate surface area is 265 Å². The zero-order valence-corrected chi connectivity index (χ0v) is 41.1. The summed E-state index contributed by atoms with van der Waals surface area (Å²) in [6.07, 6.45) is 0.926. The van der Waals surface area contributed by atoms with E-state index >= 15 is 0 Å². The zero-order chi connectivity index (χ0) is 32.8. The van der Waals surface area contributed by atoms with E-state index in [4.69, 9.17) is 13.6 Å². The molecule has 13 heteroatoms. The second-order valence-electron chi connectivity index (χ2n) is 17.8. The molecule has 0 aromatic heterocycles. The SMILES string of the molecule is CCC(C[SiH3])OC(=O)C(C)=C([Si]1(C)C(C)(C)O[Si](C)(C)[Si](C)(C)[Si]1(C)C)[Si]1(C)C(C)(C)O[Si](C)(C)[Si](C)(C)[Si]1(C)C. The van der Waals surface area contributed by atoms with Gasteiger partial charge in [0, 0.05) is 40.5 Å². The Morgan fingerprint density at radius 2 is 1.00 bits per heavy atom. The summed E-state index contributed by atoms with van der Waals surface area (Å²) in [6, 6.07) is 0.997. The van der Waals surface area contributed by atoms with Crippen LogP contribution in [0.1, 0.15) is 48.0 Å². The first-order chi connectivity index (χ1) is 17.9. The third kappa shape index (κ3) is 4.91. The maximum atomic E-state index is 14.5. The Morgan fingerprint density at radius 1 is 0.683 bits per heavy atom. The standard InChI is InChI=1S/C28H68O4Si9/c1-21-24(22-33)30-25(29)23(2)26(40(19)27(3,4)31-34(7,8)36(11,12)38(40,15)16)41(20)28(5,6)32-35(9,10)37(13,14)39(41,17)18/h24H,21-22H2,1-20,33H3. The molecule has 0 bridgehead atoms. The molecular formula is C28H68O4Si9. The Bertz CT molecular complexity index is 1020. The van der Waals surface area contributed by atoms with E-state index in [1.165, 1.54) is 0 Å². The van der Waals surface area contributed by atoms with Crippen molar-refractivity contribution in [3.63, 3.8) is 0 Å². The highest BCUT2D eigenvalue weighted by Crippen LogP contribution is 2.59. The molecule has 0 aromatic rings. The van der Waals surface area contributed by atoms with Crippen LogP contribution in [0.3, 0.4) is 0 Å². The van der Waals surface area contributed by atoms with Crippen molar-refractivity contribution in [1.82, 2.24) is 0 Å². The van der Waals surface area contributed by atoms with E-state index in [2.05, 4.69) is 133 Å². The number of esters is 1. The molecule has 41 heavy (non-hydrogen) atoms. The first-order valence-electron chi connectivity index (χ1n) is 16.2. The fourth-order valence-corrected chi connectivity index (χ4v) is 171. The molecule has 2 aliphatic rings. The predicted molar refractivity (Wildman–Crippen MR) is 206 cm³/mol. The summed E-state index contributed by atoms with van der Waals surface area (Å²) in [4.78, 5) is 16.1. The van der Waals surface area contributed by atoms with Gasteiger partial charge in [0.2, 0.25) is 0 Å². The van der Waals surface area contributed by atoms with Crippen LogP contribution in [0.2, 0.25) is 97.7 Å². The van der Waals surface area contributed by atoms with Crippen LogP contribution in [0, 0.1) is 0 Å². The van der Waals surface area contributed by atoms with Gasteiger partial charge in [-0.1, -0.05) is 77.2 Å². The molecule has 2 fully saturated rings. The summed E-state index contributed by atoms with van der Waals surface area (Å²) in [5, 5.41) is -0.460. The highest BCUT2D eigenvalue weighted by atomic mass is 29.9. The highest BCUT2D eigenvalue weighted by molar-refractivity contribution is 7.89. The molecule has 0 spiro atoms. The number of rotatable bonds is 6. The number of hydrogen-bond donors (Lipinski definition) is 0. The van der Waals surface area contributed by atoms with Crippen LogP contribution in [-0.2, 0) is 18.4 Å². The zero-order valence-electron chi connectivity index (χ0n) is 31.1. The average Bonchev–Trinajstić information content (AvgIpc) is 2.78. The van der Waals surface area contributed by atoms with Crippen molar-refractivity contribution in [1.29, 1.82) is 0 Å². The van der Waals surface area contributed by atoms with Gasteiger partial charge in [-0.3, -0.25) is 0 Å². The number of carbonyl (C=O) groups is 1. The van der Waals surface area contributed by atoms with Gasteiger partial charge in [0.25, 0.3) is 0 Å². The van der Waals surface area contributed by atoms with E-state index in [1.54, 1.807) is 4.82 Å². The van der Waals surface area contributed by atoms with Crippen LogP contribution >= 0.6 is 0 Å². The minimum Gasteiger partial charge on any atom is -0.459 e. The van der Waals surface area contributed by atoms with Gasteiger partial charge in [-0.05, 0) is 73.3 Å². The summed E-state index contributed by atoms with van der Waals surface area (Å²) >= 11 is 0. The largest absolute Gasteiger partial charge is 0.459 e. The van der Waals surface area contributed by atoms with E-state index in [0.29, 0.717) is 0 Å². The van der Waals surface area contributed by atoms with Gasteiger partial charge in [-0.2, -0.15) is 0 Å². The van der Waals surface area contributed by atoms with E-state index in [0.717, 1.165) is 28.3 Å². The Hall–Kier alpha value is 1.08. The van der Waals surface area contributed by atoms with Gasteiger partial charge >= 0.3 is 5.97 Å². The summed E-state index contributed by atoms with van der Waals surface area (Å²) in [7, 11) is -15.0. The maximum absolute atomic E-state index is 14.5. The van der Waals surface area contributed by atoms with Crippen molar-refractivity contribution >= 4 is 75.5 Å². The summed E-state index contributed by atoms with van der Waals surface area (Å²) in [5.41, 5.74) is 0.980. The molecule has 240 valence electrons. The lowest BCUT2D eigenvalue weighted by atomic mass is 10.3. The maximum Gasteiger partial charge on any atom is 0.333 e. The molecule has 0 radical (unpaired) electrons. The van der Waals surface area contributed by atoms with E-state index in [1.807, 2.05) is 0 Å². The number of carbonyl (C=O) groups excluding carboxylic acids is 1. The molecule has 0 aliphatic carbocycles. The van der Waals surface area contributed by atoms with Crippen molar-refractivity contribution in [2.24, 2.45) is 0 Å². The first-order valence-corrected chi connectivity index (χ1v) is 46.4. The normalized spacial score (nSPS) is 34.3. The molecule has 3 unspecified atom stereocenters. The average molecular weight is 722 g/mol. The Kier molecular flexibility index (Phi) is 10.1. The molecule has 0 amide bonds. The fraction of sp³-hybridized carbons (Fsp3) is 0.893. The van der Waals surface area contributed by atoms with Gasteiger partial charge in [-0.15, -0.1) is 0 Å². The fourth-order valence-electron chi connectivity index (χ4n) is 9.27. The van der Waals surface area contributed by atoms with Gasteiger partial charge in [0.15, 0.2) is 15.7 Å². The van der Waals surface area contributed by atoms with Crippen LogP contribution in [-0.4, -0.2) is 92.1 Å². The van der Waals surface area contributed by atoms with Crippen molar-refractivity contribution in [2.45, 2.75) is 162 Å². The molecule has 2 saturated heterocycles. The quantitative estimate of drug-likeness (QED) is 0.168. The summed E-state index contributed by atoms with van der Waals surface area (Å²) in [6.45, 7) is 51.3. The lowest BCUT2D eigenvalue weighted by Crippen LogP contribution is -2.97. The third-order valence-electron chi connectivity index (χ3n) is 14.9. The van der Waals surface area contributed by atoms with Crippen molar-refractivity contribution < 1.29 is 18.4 Å². The minimum absolute atomic E-state index is 0.0327. The van der Waals surface area contributed by atoms with E-state index < -0.39 is 59.3 Å². The van der Waals surface area contributed by atoms with E-state index in [9.17, 15) is 4.79 Å². The van der Waals surface area contributed by atoms with Crippen molar-refractivity contribution in [2.75, 3.05) is 0 Å². The lowest BCUT2D eigenvalue weighted by molar-refractivity contribution is -0.143. The van der Waals surface area contributed by atoms with Gasteiger partial charge in [-0.25, -0.2) is 4.79 Å². The topological polar surface area (TPSA) is 44.8 Å². The van der Waals surface area contributed by atoms with Crippen LogP contribution < -0.4 is 0 Å². The molecule has 0 aromatic carbocycles. The van der Waals surface area contributed by atoms with E-state index in [-0.39, 0.29) is 22.5 Å². The molecule has 4 nitrogen and oxygen atoms in total. The van der Waals surface area contributed by atoms with Gasteiger partial charge < -0.3 is 13.6 Å². The molecule has 2 heterocycles. The minimum atomic E-state index is -2.43. The number of ether oxygens (including phenoxy) is 1. The molecular weight excluding hydrogens is 653 g/mol. The smallest absolute Gasteiger partial charge is 0.333 e. The second-order valence-corrected chi connectivity index (χ2v) is 95.7. The van der Waals surface area contributed by atoms with Crippen LogP contribution in [0.5, 0.6) is 0 Å². The van der Waals surface area contributed by atoms with Crippen LogP contribution in [0.25, 0.3) is 0 Å². The highest BCUT2D eigenvalue weighted by Gasteiger charge is 2.79. The molecule has 0 N–H and O–H groups in total. The summed E-state index contributed by atoms with van der Waals surface area (Å²) in [5.74, 6) is -0.0329. The van der Waals surface area contributed by atoms with Crippen molar-refractivity contribution in [3.8, 4) is 0 Å². The lowest BCUT2D eigenvalue weighted by Gasteiger charge is -2.73.